The number of para-hydroxylation sites is 1. The van der Waals surface area contributed by atoms with Gasteiger partial charge in [-0.1, -0.05) is 35.9 Å². The van der Waals surface area contributed by atoms with Gasteiger partial charge in [0.25, 0.3) is 5.91 Å². The van der Waals surface area contributed by atoms with Crippen LogP contribution in [-0.2, 0) is 36.7 Å². The highest BCUT2D eigenvalue weighted by Gasteiger charge is 2.37. The number of fused-ring (bicyclic) bond motifs is 1. The number of piperidine rings is 4. The third-order valence-electron chi connectivity index (χ3n) is 13.7. The lowest BCUT2D eigenvalue weighted by atomic mass is 9.78. The van der Waals surface area contributed by atoms with Crippen molar-refractivity contribution in [2.75, 3.05) is 83.1 Å². The van der Waals surface area contributed by atoms with Crippen LogP contribution < -0.4 is 11.1 Å². The summed E-state index contributed by atoms with van der Waals surface area (Å²) in [5, 5.41) is 3.46. The molecule has 0 aliphatic carbocycles. The van der Waals surface area contributed by atoms with Crippen LogP contribution in [0, 0.1) is 18.8 Å². The molecule has 5 aliphatic rings. The molecule has 0 spiro atoms. The first-order valence-electron chi connectivity index (χ1n) is 22.6. The second-order valence-corrected chi connectivity index (χ2v) is 18.0. The number of hydrogen-bond acceptors (Lipinski definition) is 9. The molecule has 5 aliphatic heterocycles. The molecular formula is C46H64ClN7O7. The molecular weight excluding hydrogens is 798 g/mol. The highest BCUT2D eigenvalue weighted by atomic mass is 35.5. The van der Waals surface area contributed by atoms with Crippen molar-refractivity contribution < 1.29 is 33.4 Å². The van der Waals surface area contributed by atoms with E-state index >= 15 is 0 Å². The Bertz CT molecular complexity index is 1850. The minimum atomic E-state index is -1.02. The van der Waals surface area contributed by atoms with Gasteiger partial charge in [0.1, 0.15) is 0 Å². The molecule has 2 aromatic carbocycles. The second-order valence-electron chi connectivity index (χ2n) is 17.6. The van der Waals surface area contributed by atoms with Crippen LogP contribution in [0.2, 0.25) is 5.02 Å². The standard InChI is InChI=1S/C46H64ClN7O7/c1-32-29-33(30-38(47)43(32)48)31-40(61-46(59)53-25-15-37(16-26-53)54-27-14-36-7-2-3-8-39(36)49-45(54)58)44(57)52-23-12-35(13-24-52)34-10-20-50(21-11-34)22-17-42(56)60-28-6-19-51-18-5-4-9-41(51)55/h2-3,7-8,29-30,34-35,37,40H,4-6,9-28,31,48H2,1H3,(H,49,58)/t40-/m1/s1. The monoisotopic (exact) mass is 861 g/mol. The Morgan fingerprint density at radius 2 is 1.56 bits per heavy atom. The molecule has 0 aromatic heterocycles. The largest absolute Gasteiger partial charge is 0.466 e. The summed E-state index contributed by atoms with van der Waals surface area (Å²) in [6, 6.07) is 11.4. The van der Waals surface area contributed by atoms with Crippen LogP contribution in [0.4, 0.5) is 21.0 Å². The number of amides is 5. The van der Waals surface area contributed by atoms with E-state index in [2.05, 4.69) is 10.2 Å². The van der Waals surface area contributed by atoms with Gasteiger partial charge in [0, 0.05) is 76.9 Å². The van der Waals surface area contributed by atoms with E-state index < -0.39 is 12.2 Å². The van der Waals surface area contributed by atoms with E-state index in [9.17, 15) is 24.0 Å². The van der Waals surface area contributed by atoms with Gasteiger partial charge in [0.2, 0.25) is 5.91 Å². The Morgan fingerprint density at radius 1 is 0.852 bits per heavy atom. The third-order valence-corrected chi connectivity index (χ3v) is 14.0. The molecule has 15 heteroatoms. The molecule has 7 rings (SSSR count). The van der Waals surface area contributed by atoms with E-state index in [1.54, 1.807) is 11.0 Å². The predicted octanol–water partition coefficient (Wildman–Crippen LogP) is 6.12. The molecule has 2 aromatic rings. The summed E-state index contributed by atoms with van der Waals surface area (Å²) in [4.78, 5) is 75.3. The Balaban J connectivity index is 0.862. The summed E-state index contributed by atoms with van der Waals surface area (Å²) in [5.74, 6) is 0.887. The van der Waals surface area contributed by atoms with Crippen molar-refractivity contribution in [3.05, 3.63) is 58.1 Å². The van der Waals surface area contributed by atoms with Gasteiger partial charge in [-0.2, -0.15) is 0 Å². The summed E-state index contributed by atoms with van der Waals surface area (Å²) in [6.45, 7) is 8.89. The average Bonchev–Trinajstić information content (AvgIpc) is 3.44. The molecule has 0 bridgehead atoms. The lowest BCUT2D eigenvalue weighted by Gasteiger charge is -2.41. The number of esters is 1. The minimum absolute atomic E-state index is 0.00681. The van der Waals surface area contributed by atoms with E-state index in [0.717, 1.165) is 87.0 Å². The molecule has 0 radical (unpaired) electrons. The molecule has 1 atom stereocenters. The fourth-order valence-electron chi connectivity index (χ4n) is 9.94. The summed E-state index contributed by atoms with van der Waals surface area (Å²) in [7, 11) is 0. The van der Waals surface area contributed by atoms with Gasteiger partial charge >= 0.3 is 18.1 Å². The molecule has 14 nitrogen and oxygen atoms in total. The van der Waals surface area contributed by atoms with E-state index in [4.69, 9.17) is 26.8 Å². The number of benzene rings is 2. The Morgan fingerprint density at radius 3 is 2.28 bits per heavy atom. The van der Waals surface area contributed by atoms with Crippen LogP contribution in [0.1, 0.15) is 87.3 Å². The molecule has 0 unspecified atom stereocenters. The molecule has 4 fully saturated rings. The van der Waals surface area contributed by atoms with Crippen LogP contribution in [-0.4, -0.2) is 139 Å². The number of nitrogens with zero attached hydrogens (tertiary/aromatic N) is 5. The Kier molecular flexibility index (Phi) is 15.3. The topological polar surface area (TPSA) is 158 Å². The van der Waals surface area contributed by atoms with Gasteiger partial charge in [-0.05, 0) is 125 Å². The first kappa shape index (κ1) is 44.5. The van der Waals surface area contributed by atoms with E-state index in [1.807, 2.05) is 52.0 Å². The van der Waals surface area contributed by atoms with Crippen molar-refractivity contribution in [3.8, 4) is 0 Å². The molecule has 0 saturated carbocycles. The number of nitrogen functional groups attached to an aromatic ring is 1. The normalized spacial score (nSPS) is 20.5. The molecule has 5 amide bonds. The zero-order chi connectivity index (χ0) is 42.9. The Labute approximate surface area is 365 Å². The maximum atomic E-state index is 14.3. The first-order chi connectivity index (χ1) is 29.5. The highest BCUT2D eigenvalue weighted by Crippen LogP contribution is 2.34. The van der Waals surface area contributed by atoms with Crippen molar-refractivity contribution >= 4 is 52.9 Å². The van der Waals surface area contributed by atoms with E-state index in [-0.39, 0.29) is 36.3 Å². The van der Waals surface area contributed by atoms with Crippen LogP contribution in [0.15, 0.2) is 36.4 Å². The summed E-state index contributed by atoms with van der Waals surface area (Å²) in [5.41, 5.74) is 10.2. The van der Waals surface area contributed by atoms with Crippen LogP contribution >= 0.6 is 11.6 Å². The van der Waals surface area contributed by atoms with Gasteiger partial charge in [0.05, 0.1) is 23.7 Å². The lowest BCUT2D eigenvalue weighted by molar-refractivity contribution is -0.145. The number of hydrogen-bond donors (Lipinski definition) is 2. The number of aryl methyl sites for hydroxylation is 1. The van der Waals surface area contributed by atoms with Gasteiger partial charge in [-0.25, -0.2) is 9.59 Å². The second kappa shape index (κ2) is 21.0. The summed E-state index contributed by atoms with van der Waals surface area (Å²) in [6.07, 6.45) is 8.21. The van der Waals surface area contributed by atoms with Crippen molar-refractivity contribution in [2.24, 2.45) is 11.8 Å². The number of carbonyl (C=O) groups is 5. The van der Waals surface area contributed by atoms with E-state index in [0.29, 0.717) is 107 Å². The van der Waals surface area contributed by atoms with Crippen LogP contribution in [0.25, 0.3) is 0 Å². The number of nitrogens with one attached hydrogen (secondary N) is 1. The van der Waals surface area contributed by atoms with Gasteiger partial charge in [0.15, 0.2) is 6.10 Å². The fourth-order valence-corrected chi connectivity index (χ4v) is 10.2. The number of nitrogens with two attached hydrogens (primary N) is 1. The van der Waals surface area contributed by atoms with Gasteiger partial charge in [-0.3, -0.25) is 14.4 Å². The van der Waals surface area contributed by atoms with Crippen molar-refractivity contribution in [3.63, 3.8) is 0 Å². The van der Waals surface area contributed by atoms with Gasteiger partial charge in [-0.15, -0.1) is 0 Å². The number of anilines is 2. The van der Waals surface area contributed by atoms with Crippen LogP contribution in [0.5, 0.6) is 0 Å². The number of rotatable bonds is 13. The number of urea groups is 1. The zero-order valence-electron chi connectivity index (χ0n) is 35.8. The molecule has 5 heterocycles. The van der Waals surface area contributed by atoms with Crippen molar-refractivity contribution in [2.45, 2.75) is 103 Å². The maximum absolute atomic E-state index is 14.3. The quantitative estimate of drug-likeness (QED) is 0.138. The van der Waals surface area contributed by atoms with Crippen molar-refractivity contribution in [1.29, 1.82) is 0 Å². The molecule has 4 saturated heterocycles. The summed E-state index contributed by atoms with van der Waals surface area (Å²) >= 11 is 6.46. The maximum Gasteiger partial charge on any atom is 0.410 e. The predicted molar refractivity (Wildman–Crippen MR) is 234 cm³/mol. The first-order valence-corrected chi connectivity index (χ1v) is 23.0. The van der Waals surface area contributed by atoms with Crippen molar-refractivity contribution in [1.82, 2.24) is 24.5 Å². The third kappa shape index (κ3) is 11.7. The molecule has 61 heavy (non-hydrogen) atoms. The molecule has 3 N–H and O–H groups in total. The number of carbonyl (C=O) groups excluding carboxylic acids is 5. The highest BCUT2D eigenvalue weighted by molar-refractivity contribution is 6.33. The zero-order valence-corrected chi connectivity index (χ0v) is 36.5. The SMILES string of the molecule is Cc1cc(C[C@@H](OC(=O)N2CCC(N3CCc4ccccc4NC3=O)CC2)C(=O)N2CCC(C3CCN(CCC(=O)OCCCN4CCCCC4=O)CC3)CC2)cc(Cl)c1N. The van der Waals surface area contributed by atoms with Crippen LogP contribution in [0.3, 0.4) is 0 Å². The molecule has 332 valence electrons. The lowest BCUT2D eigenvalue weighted by Crippen LogP contribution is -2.52. The smallest absolute Gasteiger partial charge is 0.410 e. The minimum Gasteiger partial charge on any atom is -0.466 e. The van der Waals surface area contributed by atoms with E-state index in [1.165, 1.54) is 0 Å². The van der Waals surface area contributed by atoms with Gasteiger partial charge < -0.3 is 45.0 Å². The Hall–Kier alpha value is -4.56. The number of likely N-dealkylation sites (tertiary alicyclic amines) is 4. The summed E-state index contributed by atoms with van der Waals surface area (Å²) < 4.78 is 11.6. The number of halogens is 1. The number of ether oxygens (including phenoxy) is 2. The average molecular weight is 863 g/mol. The fraction of sp³-hybridized carbons (Fsp3) is 0.630.